The van der Waals surface area contributed by atoms with E-state index in [2.05, 4.69) is 10.2 Å². The van der Waals surface area contributed by atoms with Gasteiger partial charge in [0.2, 0.25) is 5.89 Å². The maximum atomic E-state index is 15.0. The number of carbonyl (C=O) groups excluding carboxylic acids is 1. The molecule has 4 rings (SSSR count). The molecule has 1 aliphatic heterocycles. The van der Waals surface area contributed by atoms with Crippen LogP contribution < -0.4 is 10.5 Å². The topological polar surface area (TPSA) is 123 Å². The van der Waals surface area contributed by atoms with Crippen LogP contribution in [0, 0.1) is 19.7 Å². The molecule has 1 N–H and O–H groups in total. The van der Waals surface area contributed by atoms with E-state index >= 15 is 0 Å². The molecular formula is C21H19ClFN3O6S. The molecule has 3 aromatic rings. The van der Waals surface area contributed by atoms with Crippen LogP contribution in [0.1, 0.15) is 51.8 Å². The number of hydrogen-bond acceptors (Lipinski definition) is 7. The minimum atomic E-state index is -4.52. The summed E-state index contributed by atoms with van der Waals surface area (Å²) >= 11 is 6.06. The number of fused-ring (bicyclic) bond motifs is 1. The third kappa shape index (κ3) is 3.51. The van der Waals surface area contributed by atoms with Crippen molar-refractivity contribution in [1.29, 1.82) is 0 Å². The van der Waals surface area contributed by atoms with Gasteiger partial charge in [-0.15, -0.1) is 5.10 Å². The second kappa shape index (κ2) is 7.99. The number of aromatic amines is 1. The lowest BCUT2D eigenvalue weighted by Crippen LogP contribution is -2.37. The van der Waals surface area contributed by atoms with Crippen molar-refractivity contribution in [3.05, 3.63) is 73.8 Å². The van der Waals surface area contributed by atoms with Gasteiger partial charge in [0, 0.05) is 17.0 Å². The van der Waals surface area contributed by atoms with Crippen LogP contribution in [-0.2, 0) is 10.0 Å². The molecule has 1 aliphatic rings. The zero-order chi connectivity index (χ0) is 24.2. The fourth-order valence-corrected chi connectivity index (χ4v) is 6.27. The van der Waals surface area contributed by atoms with Crippen molar-refractivity contribution in [2.45, 2.75) is 37.6 Å². The molecule has 0 fully saturated rings. The zero-order valence-electron chi connectivity index (χ0n) is 18.0. The Morgan fingerprint density at radius 2 is 1.94 bits per heavy atom. The van der Waals surface area contributed by atoms with E-state index in [1.165, 1.54) is 32.2 Å². The van der Waals surface area contributed by atoms with Gasteiger partial charge in [-0.1, -0.05) is 24.6 Å². The SMILES string of the molecule is COc1cc(Cl)cc2c1S(=O)(=O)N([C@H](c1n[nH]c(=O)o1)[C@@H](C)c1c(F)ccc(C)c1C)C2=O. The number of nitrogens with zero attached hydrogens (tertiary/aromatic N) is 2. The summed E-state index contributed by atoms with van der Waals surface area (Å²) in [6.45, 7) is 4.98. The Bertz CT molecular complexity index is 1450. The summed E-state index contributed by atoms with van der Waals surface area (Å²) in [6.07, 6.45) is 0. The summed E-state index contributed by atoms with van der Waals surface area (Å²) in [7, 11) is -3.28. The highest BCUT2D eigenvalue weighted by Crippen LogP contribution is 2.47. The van der Waals surface area contributed by atoms with Crippen LogP contribution in [0.2, 0.25) is 5.02 Å². The fourth-order valence-electron chi connectivity index (χ4n) is 4.15. The number of amides is 1. The standard InChI is InChI=1S/C21H19ClFN3O6S/c1-9-5-6-14(23)16(10(9)2)11(3)17(19-24-25-21(28)32-19)26-20(27)13-7-12(22)8-15(31-4)18(13)33(26,29)30/h5-8,11,17H,1-4H3,(H,25,28)/t11-,17-/m0/s1. The van der Waals surface area contributed by atoms with Crippen LogP contribution in [0.5, 0.6) is 5.75 Å². The van der Waals surface area contributed by atoms with Gasteiger partial charge in [0.15, 0.2) is 0 Å². The van der Waals surface area contributed by atoms with Gasteiger partial charge in [-0.05, 0) is 42.7 Å². The first kappa shape index (κ1) is 23.0. The van der Waals surface area contributed by atoms with Gasteiger partial charge in [-0.2, -0.15) is 0 Å². The number of hydrogen-bond donors (Lipinski definition) is 1. The smallest absolute Gasteiger partial charge is 0.434 e. The first-order valence-corrected chi connectivity index (χ1v) is 11.6. The summed E-state index contributed by atoms with van der Waals surface area (Å²) in [4.78, 5) is 24.7. The van der Waals surface area contributed by atoms with Crippen LogP contribution in [0.15, 0.2) is 38.4 Å². The van der Waals surface area contributed by atoms with E-state index in [-0.39, 0.29) is 32.7 Å². The van der Waals surface area contributed by atoms with Crippen LogP contribution in [0.25, 0.3) is 0 Å². The molecule has 0 bridgehead atoms. The summed E-state index contributed by atoms with van der Waals surface area (Å²) in [5.74, 6) is -3.98. The summed E-state index contributed by atoms with van der Waals surface area (Å²) in [5.41, 5.74) is 1.27. The Kier molecular flexibility index (Phi) is 5.57. The van der Waals surface area contributed by atoms with E-state index in [1.807, 2.05) is 0 Å². The highest BCUT2D eigenvalue weighted by atomic mass is 35.5. The minimum Gasteiger partial charge on any atom is -0.495 e. The van der Waals surface area contributed by atoms with Crippen molar-refractivity contribution in [1.82, 2.24) is 14.5 Å². The first-order valence-electron chi connectivity index (χ1n) is 9.76. The number of sulfonamides is 1. The third-order valence-corrected chi connectivity index (χ3v) is 7.87. The molecule has 0 spiro atoms. The highest BCUT2D eigenvalue weighted by molar-refractivity contribution is 7.90. The molecule has 1 aromatic heterocycles. The van der Waals surface area contributed by atoms with Gasteiger partial charge in [-0.25, -0.2) is 27.0 Å². The second-order valence-electron chi connectivity index (χ2n) is 7.68. The molecule has 0 saturated heterocycles. The number of H-pyrrole nitrogens is 1. The van der Waals surface area contributed by atoms with Gasteiger partial charge in [0.05, 0.1) is 12.7 Å². The molecule has 0 saturated carbocycles. The van der Waals surface area contributed by atoms with Gasteiger partial charge in [-0.3, -0.25) is 4.79 Å². The number of halogens is 2. The van der Waals surface area contributed by atoms with E-state index < -0.39 is 39.5 Å². The quantitative estimate of drug-likeness (QED) is 0.575. The lowest BCUT2D eigenvalue weighted by atomic mass is 9.87. The lowest BCUT2D eigenvalue weighted by Gasteiger charge is -2.30. The fraction of sp³-hybridized carbons (Fsp3) is 0.286. The molecule has 0 unspecified atom stereocenters. The number of ether oxygens (including phenoxy) is 1. The number of aryl methyl sites for hydroxylation is 1. The summed E-state index contributed by atoms with van der Waals surface area (Å²) in [5, 5.41) is 5.93. The molecule has 33 heavy (non-hydrogen) atoms. The molecule has 9 nitrogen and oxygen atoms in total. The van der Waals surface area contributed by atoms with Gasteiger partial charge in [0.1, 0.15) is 22.5 Å². The molecule has 0 aliphatic carbocycles. The largest absolute Gasteiger partial charge is 0.495 e. The molecule has 2 heterocycles. The van der Waals surface area contributed by atoms with Gasteiger partial charge in [0.25, 0.3) is 15.9 Å². The molecule has 174 valence electrons. The lowest BCUT2D eigenvalue weighted by molar-refractivity contribution is 0.0798. The second-order valence-corrected chi connectivity index (χ2v) is 9.87. The Morgan fingerprint density at radius 3 is 2.55 bits per heavy atom. The van der Waals surface area contributed by atoms with Crippen molar-refractivity contribution < 1.29 is 26.8 Å². The zero-order valence-corrected chi connectivity index (χ0v) is 19.5. The average Bonchev–Trinajstić information content (AvgIpc) is 3.25. The molecule has 2 aromatic carbocycles. The Morgan fingerprint density at radius 1 is 1.24 bits per heavy atom. The van der Waals surface area contributed by atoms with Gasteiger partial charge < -0.3 is 9.15 Å². The molecule has 12 heteroatoms. The number of carbonyl (C=O) groups is 1. The van der Waals surface area contributed by atoms with Crippen molar-refractivity contribution in [3.8, 4) is 5.75 Å². The predicted molar refractivity (Wildman–Crippen MR) is 116 cm³/mol. The predicted octanol–water partition coefficient (Wildman–Crippen LogP) is 3.47. The Balaban J connectivity index is 1.98. The van der Waals surface area contributed by atoms with Crippen molar-refractivity contribution in [3.63, 3.8) is 0 Å². The summed E-state index contributed by atoms with van der Waals surface area (Å²) in [6, 6.07) is 3.84. The van der Waals surface area contributed by atoms with E-state index in [9.17, 15) is 22.4 Å². The monoisotopic (exact) mass is 495 g/mol. The highest BCUT2D eigenvalue weighted by Gasteiger charge is 2.51. The number of nitrogens with one attached hydrogen (secondary N) is 1. The van der Waals surface area contributed by atoms with Crippen LogP contribution in [-0.4, -0.2) is 35.9 Å². The average molecular weight is 496 g/mol. The maximum absolute atomic E-state index is 15.0. The molecule has 2 atom stereocenters. The Hall–Kier alpha value is -3.18. The van der Waals surface area contributed by atoms with E-state index in [0.717, 1.165) is 5.56 Å². The van der Waals surface area contributed by atoms with Crippen LogP contribution >= 0.6 is 11.6 Å². The van der Waals surface area contributed by atoms with E-state index in [0.29, 0.717) is 9.87 Å². The number of rotatable bonds is 5. The Labute approximate surface area is 193 Å². The first-order chi connectivity index (χ1) is 15.5. The molecular weight excluding hydrogens is 477 g/mol. The van der Waals surface area contributed by atoms with Crippen molar-refractivity contribution in [2.24, 2.45) is 0 Å². The van der Waals surface area contributed by atoms with Crippen molar-refractivity contribution in [2.75, 3.05) is 7.11 Å². The van der Waals surface area contributed by atoms with E-state index in [1.54, 1.807) is 19.9 Å². The number of aromatic nitrogens is 2. The normalized spacial score (nSPS) is 16.5. The van der Waals surface area contributed by atoms with Crippen LogP contribution in [0.4, 0.5) is 4.39 Å². The molecule has 1 amide bonds. The number of benzene rings is 2. The van der Waals surface area contributed by atoms with E-state index in [4.69, 9.17) is 20.8 Å². The van der Waals surface area contributed by atoms with Crippen molar-refractivity contribution >= 4 is 27.5 Å². The van der Waals surface area contributed by atoms with Gasteiger partial charge >= 0.3 is 5.76 Å². The third-order valence-electron chi connectivity index (χ3n) is 5.81. The minimum absolute atomic E-state index is 0.0903. The maximum Gasteiger partial charge on any atom is 0.434 e. The number of methoxy groups -OCH3 is 1. The summed E-state index contributed by atoms with van der Waals surface area (Å²) < 4.78 is 53.0. The van der Waals surface area contributed by atoms with Crippen LogP contribution in [0.3, 0.4) is 0 Å². The molecule has 0 radical (unpaired) electrons.